The van der Waals surface area contributed by atoms with Crippen LogP contribution in [0.5, 0.6) is 0 Å². The van der Waals surface area contributed by atoms with Gasteiger partial charge in [-0.1, -0.05) is 303 Å². The molecule has 0 aliphatic carbocycles. The van der Waals surface area contributed by atoms with Crippen LogP contribution in [0.4, 0.5) is 0 Å². The largest absolute Gasteiger partial charge is 0.462 e. The Bertz CT molecular complexity index is 1700. The smallest absolute Gasteiger partial charge is 0.306 e. The molecule has 474 valence electrons. The van der Waals surface area contributed by atoms with E-state index in [4.69, 9.17) is 14.2 Å². The van der Waals surface area contributed by atoms with E-state index in [1.54, 1.807) is 0 Å². The molecule has 0 aromatic rings. The number of carbonyl (C=O) groups excluding carboxylic acids is 3. The van der Waals surface area contributed by atoms with Crippen molar-refractivity contribution in [3.8, 4) is 0 Å². The Balaban J connectivity index is 4.34. The van der Waals surface area contributed by atoms with Crippen LogP contribution in [0.3, 0.4) is 0 Å². The van der Waals surface area contributed by atoms with Crippen LogP contribution in [0.2, 0.25) is 0 Å². The van der Waals surface area contributed by atoms with Gasteiger partial charge in [-0.05, 0) is 128 Å². The lowest BCUT2D eigenvalue weighted by Gasteiger charge is -2.18. The third kappa shape index (κ3) is 68.5. The maximum atomic E-state index is 12.9. The zero-order valence-electron chi connectivity index (χ0n) is 54.4. The van der Waals surface area contributed by atoms with Gasteiger partial charge in [-0.15, -0.1) is 0 Å². The number of unbranched alkanes of at least 4 members (excludes halogenated alkanes) is 32. The molecule has 0 spiro atoms. The molecular weight excluding hydrogens is 1020 g/mol. The van der Waals surface area contributed by atoms with E-state index in [1.807, 2.05) is 0 Å². The standard InChI is InChI=1S/C77H130O6/c1-4-7-10-13-16-19-22-25-28-31-33-34-35-36-37-38-39-40-41-42-44-46-49-52-55-58-61-64-67-70-76(79)82-73-74(72-81-75(78)69-66-63-60-57-54-51-48-45-30-27-24-21-18-15-12-9-6-3)83-77(80)71-68-65-62-59-56-53-50-47-43-32-29-26-23-20-17-14-11-8-5-2/h7-8,10-11,16-17,19-20,25-30,33-34,43,47,53,56,74H,4-6,9,12-15,18,21-24,31-32,35-42,44-46,48-52,54-55,57-73H2,1-3H3/b10-7-,11-8-,19-16-,20-17-,28-25-,29-26-,30-27-,34-33-,47-43-,56-53-. The van der Waals surface area contributed by atoms with E-state index in [1.165, 1.54) is 167 Å². The van der Waals surface area contributed by atoms with Gasteiger partial charge in [-0.2, -0.15) is 0 Å². The minimum atomic E-state index is -0.801. The Labute approximate surface area is 513 Å². The fourth-order valence-electron chi connectivity index (χ4n) is 9.75. The van der Waals surface area contributed by atoms with Crippen molar-refractivity contribution in [2.24, 2.45) is 0 Å². The van der Waals surface area contributed by atoms with Crippen LogP contribution >= 0.6 is 0 Å². The van der Waals surface area contributed by atoms with Crippen LogP contribution in [0.15, 0.2) is 122 Å². The molecule has 0 heterocycles. The number of rotatable bonds is 63. The molecule has 1 unspecified atom stereocenters. The minimum Gasteiger partial charge on any atom is -0.462 e. The fourth-order valence-corrected chi connectivity index (χ4v) is 9.75. The highest BCUT2D eigenvalue weighted by Crippen LogP contribution is 2.17. The van der Waals surface area contributed by atoms with Crippen LogP contribution in [0.1, 0.15) is 329 Å². The topological polar surface area (TPSA) is 78.9 Å². The average molecular weight is 1150 g/mol. The van der Waals surface area contributed by atoms with Gasteiger partial charge in [0.25, 0.3) is 0 Å². The molecule has 0 amide bonds. The second-order valence-corrected chi connectivity index (χ2v) is 23.0. The van der Waals surface area contributed by atoms with Gasteiger partial charge in [-0.25, -0.2) is 0 Å². The SMILES string of the molecule is CC/C=C\C/C=C\C/C=C\C/C=C\C/C=C\CCCCCC(=O)OC(COC(=O)CCCCCCCCC/C=C\CCCCCCCC)COC(=O)CCCCCCCCCCCCCCCCCC/C=C\C/C=C\C/C=C\C/C=C\CC. The van der Waals surface area contributed by atoms with Crippen molar-refractivity contribution in [2.75, 3.05) is 13.2 Å². The molecule has 0 radical (unpaired) electrons. The molecule has 0 aliphatic heterocycles. The lowest BCUT2D eigenvalue weighted by atomic mass is 10.0. The number of ether oxygens (including phenoxy) is 3. The number of hydrogen-bond acceptors (Lipinski definition) is 6. The van der Waals surface area contributed by atoms with E-state index < -0.39 is 6.10 Å². The van der Waals surface area contributed by atoms with Crippen LogP contribution in [-0.2, 0) is 28.6 Å². The first-order valence-corrected chi connectivity index (χ1v) is 35.0. The van der Waals surface area contributed by atoms with E-state index in [0.717, 1.165) is 122 Å². The van der Waals surface area contributed by atoms with Crippen LogP contribution in [0.25, 0.3) is 0 Å². The van der Waals surface area contributed by atoms with Gasteiger partial charge in [0.15, 0.2) is 6.10 Å². The van der Waals surface area contributed by atoms with Crippen LogP contribution in [-0.4, -0.2) is 37.2 Å². The van der Waals surface area contributed by atoms with Crippen molar-refractivity contribution in [1.29, 1.82) is 0 Å². The summed E-state index contributed by atoms with van der Waals surface area (Å²) in [5.41, 5.74) is 0. The van der Waals surface area contributed by atoms with Crippen molar-refractivity contribution in [3.05, 3.63) is 122 Å². The van der Waals surface area contributed by atoms with E-state index in [-0.39, 0.29) is 37.5 Å². The summed E-state index contributed by atoms with van der Waals surface area (Å²) in [6.45, 7) is 6.41. The van der Waals surface area contributed by atoms with Gasteiger partial charge in [0, 0.05) is 19.3 Å². The Morgan fingerprint density at radius 2 is 0.470 bits per heavy atom. The van der Waals surface area contributed by atoms with Gasteiger partial charge in [-0.3, -0.25) is 14.4 Å². The second-order valence-electron chi connectivity index (χ2n) is 23.0. The van der Waals surface area contributed by atoms with E-state index in [2.05, 4.69) is 142 Å². The number of hydrogen-bond donors (Lipinski definition) is 0. The molecule has 6 nitrogen and oxygen atoms in total. The predicted octanol–water partition coefficient (Wildman–Crippen LogP) is 24.3. The van der Waals surface area contributed by atoms with Gasteiger partial charge in [0.1, 0.15) is 13.2 Å². The molecule has 83 heavy (non-hydrogen) atoms. The zero-order chi connectivity index (χ0) is 59.9. The van der Waals surface area contributed by atoms with Gasteiger partial charge >= 0.3 is 17.9 Å². The summed E-state index contributed by atoms with van der Waals surface area (Å²) in [6.07, 6.45) is 97.9. The Kier molecular flexibility index (Phi) is 66.7. The molecule has 6 heteroatoms. The van der Waals surface area contributed by atoms with Crippen molar-refractivity contribution < 1.29 is 28.6 Å². The van der Waals surface area contributed by atoms with E-state index in [0.29, 0.717) is 12.8 Å². The zero-order valence-corrected chi connectivity index (χ0v) is 54.4. The van der Waals surface area contributed by atoms with E-state index in [9.17, 15) is 14.4 Å². The maximum absolute atomic E-state index is 12.9. The predicted molar refractivity (Wildman–Crippen MR) is 362 cm³/mol. The van der Waals surface area contributed by atoms with Crippen LogP contribution in [0, 0.1) is 0 Å². The first-order valence-electron chi connectivity index (χ1n) is 35.0. The third-order valence-corrected chi connectivity index (χ3v) is 14.9. The van der Waals surface area contributed by atoms with Crippen molar-refractivity contribution >= 4 is 17.9 Å². The molecule has 0 N–H and O–H groups in total. The molecular formula is C77H130O6. The summed E-state index contributed by atoms with van der Waals surface area (Å²) in [5, 5.41) is 0. The lowest BCUT2D eigenvalue weighted by Crippen LogP contribution is -2.30. The third-order valence-electron chi connectivity index (χ3n) is 14.9. The Morgan fingerprint density at radius 1 is 0.253 bits per heavy atom. The molecule has 0 rings (SSSR count). The first kappa shape index (κ1) is 78.8. The number of esters is 3. The number of allylic oxidation sites excluding steroid dienone is 20. The van der Waals surface area contributed by atoms with Gasteiger partial charge < -0.3 is 14.2 Å². The molecule has 0 bridgehead atoms. The second kappa shape index (κ2) is 70.3. The van der Waals surface area contributed by atoms with Crippen molar-refractivity contribution in [2.45, 2.75) is 335 Å². The van der Waals surface area contributed by atoms with E-state index >= 15 is 0 Å². The minimum absolute atomic E-state index is 0.0927. The summed E-state index contributed by atoms with van der Waals surface area (Å²) < 4.78 is 17.0. The molecule has 0 aromatic heterocycles. The lowest BCUT2D eigenvalue weighted by molar-refractivity contribution is -0.167. The van der Waals surface area contributed by atoms with Gasteiger partial charge in [0.05, 0.1) is 0 Å². The number of carbonyl (C=O) groups is 3. The molecule has 0 fully saturated rings. The quantitative estimate of drug-likeness (QED) is 0.0261. The Hall–Kier alpha value is -4.19. The first-order chi connectivity index (χ1) is 41.0. The normalized spacial score (nSPS) is 12.9. The molecule has 0 saturated carbocycles. The highest BCUT2D eigenvalue weighted by atomic mass is 16.6. The average Bonchev–Trinajstić information content (AvgIpc) is 3.49. The summed E-state index contributed by atoms with van der Waals surface area (Å²) >= 11 is 0. The summed E-state index contributed by atoms with van der Waals surface area (Å²) in [4.78, 5) is 38.5. The Morgan fingerprint density at radius 3 is 0.759 bits per heavy atom. The fraction of sp³-hybridized carbons (Fsp3) is 0.701. The summed E-state index contributed by atoms with van der Waals surface area (Å²) in [7, 11) is 0. The van der Waals surface area contributed by atoms with Crippen molar-refractivity contribution in [1.82, 2.24) is 0 Å². The van der Waals surface area contributed by atoms with Crippen LogP contribution < -0.4 is 0 Å². The summed E-state index contributed by atoms with van der Waals surface area (Å²) in [6, 6.07) is 0. The highest BCUT2D eigenvalue weighted by molar-refractivity contribution is 5.71. The monoisotopic (exact) mass is 1150 g/mol. The molecule has 0 aliphatic rings. The molecule has 0 aromatic carbocycles. The molecule has 1 atom stereocenters. The highest BCUT2D eigenvalue weighted by Gasteiger charge is 2.19. The molecule has 0 saturated heterocycles. The summed E-state index contributed by atoms with van der Waals surface area (Å²) in [5.74, 6) is -0.918. The maximum Gasteiger partial charge on any atom is 0.306 e. The van der Waals surface area contributed by atoms with Crippen molar-refractivity contribution in [3.63, 3.8) is 0 Å². The van der Waals surface area contributed by atoms with Gasteiger partial charge in [0.2, 0.25) is 0 Å².